The summed E-state index contributed by atoms with van der Waals surface area (Å²) in [7, 11) is 0. The van der Waals surface area contributed by atoms with Gasteiger partial charge in [0.05, 0.1) is 18.2 Å². The lowest BCUT2D eigenvalue weighted by Crippen LogP contribution is -2.23. The van der Waals surface area contributed by atoms with Crippen LogP contribution in [0.4, 0.5) is 0 Å². The van der Waals surface area contributed by atoms with Gasteiger partial charge in [0, 0.05) is 34.2 Å². The van der Waals surface area contributed by atoms with Crippen molar-refractivity contribution in [3.63, 3.8) is 0 Å². The third-order valence-corrected chi connectivity index (χ3v) is 4.60. The summed E-state index contributed by atoms with van der Waals surface area (Å²) >= 11 is 7.87. The number of carbonyl (C=O) groups is 1. The first-order valence-corrected chi connectivity index (χ1v) is 8.23. The number of aliphatic hydroxyl groups is 1. The Morgan fingerprint density at radius 1 is 1.36 bits per heavy atom. The van der Waals surface area contributed by atoms with Gasteiger partial charge in [0.1, 0.15) is 0 Å². The van der Waals surface area contributed by atoms with E-state index in [0.29, 0.717) is 31.2 Å². The first-order valence-electron chi connectivity index (χ1n) is 7.04. The lowest BCUT2D eigenvalue weighted by molar-refractivity contribution is -0.116. The average molecular weight is 340 g/mol. The molecule has 0 radical (unpaired) electrons. The molecule has 2 rings (SSSR count). The van der Waals surface area contributed by atoms with Crippen molar-refractivity contribution in [1.29, 1.82) is 0 Å². The molecule has 0 saturated carbocycles. The Morgan fingerprint density at radius 2 is 2.18 bits per heavy atom. The highest BCUT2D eigenvalue weighted by Gasteiger charge is 2.07. The van der Waals surface area contributed by atoms with Gasteiger partial charge < -0.3 is 15.2 Å². The SMILES string of the molecule is O=C(/C=C/c1sc2ccccc2c1Cl)NCCCOCCO. The molecule has 0 spiro atoms. The monoisotopic (exact) mass is 339 g/mol. The van der Waals surface area contributed by atoms with Gasteiger partial charge in [-0.15, -0.1) is 11.3 Å². The maximum atomic E-state index is 11.7. The van der Waals surface area contributed by atoms with Gasteiger partial charge in [0.25, 0.3) is 0 Å². The van der Waals surface area contributed by atoms with Crippen LogP contribution in [0.15, 0.2) is 30.3 Å². The van der Waals surface area contributed by atoms with Crippen LogP contribution in [0.5, 0.6) is 0 Å². The van der Waals surface area contributed by atoms with E-state index in [4.69, 9.17) is 21.4 Å². The fourth-order valence-electron chi connectivity index (χ4n) is 1.90. The van der Waals surface area contributed by atoms with Gasteiger partial charge in [-0.25, -0.2) is 0 Å². The second-order valence-electron chi connectivity index (χ2n) is 4.59. The molecule has 0 aliphatic rings. The zero-order valence-electron chi connectivity index (χ0n) is 12.0. The van der Waals surface area contributed by atoms with E-state index in [0.717, 1.165) is 15.0 Å². The van der Waals surface area contributed by atoms with Crippen molar-refractivity contribution in [2.45, 2.75) is 6.42 Å². The topological polar surface area (TPSA) is 58.6 Å². The normalized spacial score (nSPS) is 11.4. The summed E-state index contributed by atoms with van der Waals surface area (Å²) in [5, 5.41) is 13.0. The van der Waals surface area contributed by atoms with Gasteiger partial charge in [-0.1, -0.05) is 29.8 Å². The number of fused-ring (bicyclic) bond motifs is 1. The van der Waals surface area contributed by atoms with Crippen LogP contribution in [0.1, 0.15) is 11.3 Å². The van der Waals surface area contributed by atoms with E-state index in [2.05, 4.69) is 5.32 Å². The van der Waals surface area contributed by atoms with Crippen molar-refractivity contribution in [3.05, 3.63) is 40.2 Å². The lowest BCUT2D eigenvalue weighted by Gasteiger charge is -2.02. The molecular weight excluding hydrogens is 322 g/mol. The number of carbonyl (C=O) groups excluding carboxylic acids is 1. The van der Waals surface area contributed by atoms with Crippen LogP contribution in [-0.4, -0.2) is 37.4 Å². The minimum absolute atomic E-state index is 0.0189. The van der Waals surface area contributed by atoms with Crippen LogP contribution in [0.2, 0.25) is 5.02 Å². The van der Waals surface area contributed by atoms with E-state index in [1.165, 1.54) is 6.08 Å². The molecule has 2 N–H and O–H groups in total. The van der Waals surface area contributed by atoms with Crippen molar-refractivity contribution < 1.29 is 14.6 Å². The van der Waals surface area contributed by atoms with E-state index < -0.39 is 0 Å². The number of hydrogen-bond acceptors (Lipinski definition) is 4. The molecule has 0 aliphatic heterocycles. The van der Waals surface area contributed by atoms with Crippen molar-refractivity contribution in [1.82, 2.24) is 5.32 Å². The second kappa shape index (κ2) is 8.90. The molecule has 1 aromatic heterocycles. The molecule has 6 heteroatoms. The Bertz CT molecular complexity index is 654. The van der Waals surface area contributed by atoms with Crippen LogP contribution in [-0.2, 0) is 9.53 Å². The lowest BCUT2D eigenvalue weighted by atomic mass is 10.2. The van der Waals surface area contributed by atoms with E-state index in [9.17, 15) is 4.79 Å². The summed E-state index contributed by atoms with van der Waals surface area (Å²) in [6.45, 7) is 1.41. The smallest absolute Gasteiger partial charge is 0.244 e. The molecule has 0 bridgehead atoms. The summed E-state index contributed by atoms with van der Waals surface area (Å²) < 4.78 is 6.21. The number of hydrogen-bond donors (Lipinski definition) is 2. The van der Waals surface area contributed by atoms with Gasteiger partial charge in [-0.05, 0) is 18.6 Å². The molecular formula is C16H18ClNO3S. The van der Waals surface area contributed by atoms with E-state index in [-0.39, 0.29) is 12.5 Å². The molecule has 1 amide bonds. The maximum Gasteiger partial charge on any atom is 0.244 e. The number of rotatable bonds is 8. The van der Waals surface area contributed by atoms with Crippen LogP contribution < -0.4 is 5.32 Å². The fourth-order valence-corrected chi connectivity index (χ4v) is 3.30. The molecule has 118 valence electrons. The molecule has 0 unspecified atom stereocenters. The van der Waals surface area contributed by atoms with Gasteiger partial charge in [-0.2, -0.15) is 0 Å². The predicted molar refractivity (Wildman–Crippen MR) is 91.4 cm³/mol. The van der Waals surface area contributed by atoms with E-state index in [1.807, 2.05) is 24.3 Å². The third kappa shape index (κ3) is 4.81. The van der Waals surface area contributed by atoms with E-state index in [1.54, 1.807) is 17.4 Å². The largest absolute Gasteiger partial charge is 0.394 e. The van der Waals surface area contributed by atoms with Crippen molar-refractivity contribution in [2.75, 3.05) is 26.4 Å². The summed E-state index contributed by atoms with van der Waals surface area (Å²) in [6, 6.07) is 7.89. The predicted octanol–water partition coefficient (Wildman–Crippen LogP) is 3.08. The van der Waals surface area contributed by atoms with Crippen LogP contribution >= 0.6 is 22.9 Å². The molecule has 1 aromatic carbocycles. The first-order chi connectivity index (χ1) is 10.7. The van der Waals surface area contributed by atoms with E-state index >= 15 is 0 Å². The third-order valence-electron chi connectivity index (χ3n) is 2.95. The number of thiophene rings is 1. The average Bonchev–Trinajstić information content (AvgIpc) is 2.85. The summed E-state index contributed by atoms with van der Waals surface area (Å²) in [4.78, 5) is 12.6. The Labute approximate surface area is 138 Å². The molecule has 0 aliphatic carbocycles. The second-order valence-corrected chi connectivity index (χ2v) is 6.05. The van der Waals surface area contributed by atoms with Crippen molar-refractivity contribution in [2.24, 2.45) is 0 Å². The van der Waals surface area contributed by atoms with Crippen molar-refractivity contribution in [3.8, 4) is 0 Å². The minimum atomic E-state index is -0.157. The Hall–Kier alpha value is -1.40. The summed E-state index contributed by atoms with van der Waals surface area (Å²) in [5.41, 5.74) is 0. The number of aliphatic hydroxyl groups excluding tert-OH is 1. The number of nitrogens with one attached hydrogen (secondary N) is 1. The summed E-state index contributed by atoms with van der Waals surface area (Å²) in [6.07, 6.45) is 3.94. The molecule has 0 atom stereocenters. The number of ether oxygens (including phenoxy) is 1. The van der Waals surface area contributed by atoms with Crippen molar-refractivity contribution >= 4 is 45.0 Å². The zero-order chi connectivity index (χ0) is 15.8. The Kier molecular flexibility index (Phi) is 6.86. The first kappa shape index (κ1) is 17.0. The fraction of sp³-hybridized carbons (Fsp3) is 0.312. The molecule has 2 aromatic rings. The van der Waals surface area contributed by atoms with Crippen LogP contribution in [0.25, 0.3) is 16.2 Å². The Morgan fingerprint density at radius 3 is 2.95 bits per heavy atom. The molecule has 0 fully saturated rings. The highest BCUT2D eigenvalue weighted by molar-refractivity contribution is 7.20. The number of halogens is 1. The highest BCUT2D eigenvalue weighted by Crippen LogP contribution is 2.35. The van der Waals surface area contributed by atoms with Gasteiger partial charge >= 0.3 is 0 Å². The quantitative estimate of drug-likeness (QED) is 0.574. The molecule has 4 nitrogen and oxygen atoms in total. The highest BCUT2D eigenvalue weighted by atomic mass is 35.5. The standard InChI is InChI=1S/C16H18ClNO3S/c17-16-12-4-1-2-5-13(12)22-14(16)6-7-15(20)18-8-3-10-21-11-9-19/h1-2,4-7,19H,3,8-11H2,(H,18,20)/b7-6+. The van der Waals surface area contributed by atoms with Crippen LogP contribution in [0, 0.1) is 0 Å². The van der Waals surface area contributed by atoms with Gasteiger partial charge in [-0.3, -0.25) is 4.79 Å². The number of benzene rings is 1. The molecule has 0 saturated heterocycles. The number of amides is 1. The zero-order valence-corrected chi connectivity index (χ0v) is 13.6. The summed E-state index contributed by atoms with van der Waals surface area (Å²) in [5.74, 6) is -0.157. The molecule has 22 heavy (non-hydrogen) atoms. The molecule has 1 heterocycles. The van der Waals surface area contributed by atoms with Gasteiger partial charge in [0.15, 0.2) is 0 Å². The van der Waals surface area contributed by atoms with Gasteiger partial charge in [0.2, 0.25) is 5.91 Å². The van der Waals surface area contributed by atoms with Crippen LogP contribution in [0.3, 0.4) is 0 Å². The minimum Gasteiger partial charge on any atom is -0.394 e. The maximum absolute atomic E-state index is 11.7. The Balaban J connectivity index is 1.82.